The first-order valence-corrected chi connectivity index (χ1v) is 6.38. The zero-order valence-corrected chi connectivity index (χ0v) is 10.8. The van der Waals surface area contributed by atoms with Gasteiger partial charge in [0.1, 0.15) is 5.56 Å². The zero-order chi connectivity index (χ0) is 14.4. The maximum atomic E-state index is 11.3. The molecule has 6 nitrogen and oxygen atoms in total. The molecule has 0 amide bonds. The Balaban J connectivity index is 2.04. The monoisotopic (exact) mass is 278 g/mol. The second-order valence-corrected chi connectivity index (χ2v) is 4.67. The smallest absolute Gasteiger partial charge is 0.339 e. The first kappa shape index (κ1) is 11.7. The Hall–Kier alpha value is -3.15. The normalized spacial score (nSPS) is 11.2. The summed E-state index contributed by atoms with van der Waals surface area (Å²) in [6.45, 7) is 0. The molecular formula is C15H10N4O2. The van der Waals surface area contributed by atoms with Crippen LogP contribution in [0, 0.1) is 0 Å². The summed E-state index contributed by atoms with van der Waals surface area (Å²) < 4.78 is 1.74. The number of nitrogens with one attached hydrogen (secondary N) is 1. The van der Waals surface area contributed by atoms with E-state index in [2.05, 4.69) is 15.0 Å². The van der Waals surface area contributed by atoms with Crippen LogP contribution in [0.25, 0.3) is 27.9 Å². The van der Waals surface area contributed by atoms with Crippen LogP contribution in [0.1, 0.15) is 10.4 Å². The van der Waals surface area contributed by atoms with Crippen LogP contribution in [0.5, 0.6) is 0 Å². The molecule has 102 valence electrons. The number of hydrogen-bond acceptors (Lipinski definition) is 3. The van der Waals surface area contributed by atoms with Crippen molar-refractivity contribution in [3.05, 3.63) is 54.5 Å². The summed E-state index contributed by atoms with van der Waals surface area (Å²) in [6.07, 6.45) is 5.18. The summed E-state index contributed by atoms with van der Waals surface area (Å²) in [5, 5.41) is 9.30. The largest absolute Gasteiger partial charge is 0.478 e. The molecule has 0 bridgehead atoms. The Labute approximate surface area is 118 Å². The van der Waals surface area contributed by atoms with Gasteiger partial charge in [0.25, 0.3) is 0 Å². The Morgan fingerprint density at radius 3 is 3.00 bits per heavy atom. The van der Waals surface area contributed by atoms with Crippen molar-refractivity contribution in [2.24, 2.45) is 0 Å². The van der Waals surface area contributed by atoms with Crippen LogP contribution in [0.2, 0.25) is 0 Å². The van der Waals surface area contributed by atoms with Crippen LogP contribution in [-0.2, 0) is 0 Å². The van der Waals surface area contributed by atoms with Gasteiger partial charge in [0.15, 0.2) is 5.82 Å². The van der Waals surface area contributed by atoms with E-state index in [9.17, 15) is 9.90 Å². The van der Waals surface area contributed by atoms with E-state index in [0.29, 0.717) is 5.82 Å². The summed E-state index contributed by atoms with van der Waals surface area (Å²) >= 11 is 0. The van der Waals surface area contributed by atoms with Crippen molar-refractivity contribution >= 4 is 28.0 Å². The van der Waals surface area contributed by atoms with Gasteiger partial charge < -0.3 is 10.1 Å². The van der Waals surface area contributed by atoms with E-state index < -0.39 is 5.97 Å². The molecule has 0 aliphatic rings. The molecule has 2 N–H and O–H groups in total. The van der Waals surface area contributed by atoms with Crippen LogP contribution in [-0.4, -0.2) is 30.6 Å². The average Bonchev–Trinajstić information content (AvgIpc) is 3.10. The highest BCUT2D eigenvalue weighted by Crippen LogP contribution is 2.23. The summed E-state index contributed by atoms with van der Waals surface area (Å²) in [6, 6.07) is 8.84. The van der Waals surface area contributed by atoms with Gasteiger partial charge in [0.2, 0.25) is 0 Å². The molecule has 4 rings (SSSR count). The number of nitrogens with zero attached hydrogens (tertiary/aromatic N) is 3. The third kappa shape index (κ3) is 1.69. The number of carbonyl (C=O) groups is 1. The molecule has 0 aliphatic carbocycles. The predicted octanol–water partition coefficient (Wildman–Crippen LogP) is 2.60. The van der Waals surface area contributed by atoms with Crippen LogP contribution in [0.4, 0.5) is 0 Å². The Morgan fingerprint density at radius 1 is 1.24 bits per heavy atom. The molecule has 6 heteroatoms. The number of carboxylic acid groups (broad SMARTS) is 1. The summed E-state index contributed by atoms with van der Waals surface area (Å²) in [7, 11) is 0. The lowest BCUT2D eigenvalue weighted by atomic mass is 10.2. The van der Waals surface area contributed by atoms with Gasteiger partial charge in [-0.15, -0.1) is 0 Å². The molecule has 0 aromatic carbocycles. The molecule has 4 heterocycles. The van der Waals surface area contributed by atoms with Gasteiger partial charge in [-0.3, -0.25) is 4.57 Å². The second-order valence-electron chi connectivity index (χ2n) is 4.67. The number of aromatic nitrogens is 4. The topological polar surface area (TPSA) is 83.8 Å². The van der Waals surface area contributed by atoms with Gasteiger partial charge in [-0.1, -0.05) is 0 Å². The van der Waals surface area contributed by atoms with E-state index >= 15 is 0 Å². The highest BCUT2D eigenvalue weighted by Gasteiger charge is 2.15. The average molecular weight is 278 g/mol. The second kappa shape index (κ2) is 4.17. The molecule has 0 radical (unpaired) electrons. The van der Waals surface area contributed by atoms with Gasteiger partial charge in [0, 0.05) is 18.6 Å². The summed E-state index contributed by atoms with van der Waals surface area (Å²) in [4.78, 5) is 23.2. The maximum absolute atomic E-state index is 11.3. The molecule has 4 aromatic heterocycles. The van der Waals surface area contributed by atoms with Gasteiger partial charge in [-0.2, -0.15) is 0 Å². The van der Waals surface area contributed by atoms with Crippen molar-refractivity contribution in [1.82, 2.24) is 19.5 Å². The van der Waals surface area contributed by atoms with Crippen molar-refractivity contribution < 1.29 is 9.90 Å². The van der Waals surface area contributed by atoms with Crippen molar-refractivity contribution in [3.8, 4) is 5.82 Å². The van der Waals surface area contributed by atoms with Crippen molar-refractivity contribution in [3.63, 3.8) is 0 Å². The van der Waals surface area contributed by atoms with E-state index in [0.717, 1.165) is 22.1 Å². The Morgan fingerprint density at radius 2 is 2.14 bits per heavy atom. The van der Waals surface area contributed by atoms with Crippen LogP contribution in [0.3, 0.4) is 0 Å². The Bertz CT molecular complexity index is 984. The highest BCUT2D eigenvalue weighted by molar-refractivity contribution is 5.94. The van der Waals surface area contributed by atoms with Gasteiger partial charge >= 0.3 is 5.97 Å². The zero-order valence-electron chi connectivity index (χ0n) is 10.8. The maximum Gasteiger partial charge on any atom is 0.339 e. The van der Waals surface area contributed by atoms with E-state index in [1.807, 2.05) is 24.4 Å². The fraction of sp³-hybridized carbons (Fsp3) is 0. The molecular weight excluding hydrogens is 268 g/mol. The fourth-order valence-corrected chi connectivity index (χ4v) is 2.47. The van der Waals surface area contributed by atoms with E-state index in [-0.39, 0.29) is 5.56 Å². The molecule has 0 aliphatic heterocycles. The van der Waals surface area contributed by atoms with Crippen LogP contribution < -0.4 is 0 Å². The molecule has 0 saturated heterocycles. The van der Waals surface area contributed by atoms with E-state index in [1.165, 1.54) is 6.07 Å². The number of hydrogen-bond donors (Lipinski definition) is 2. The number of pyridine rings is 2. The van der Waals surface area contributed by atoms with Crippen LogP contribution in [0.15, 0.2) is 48.9 Å². The molecule has 0 spiro atoms. The molecule has 21 heavy (non-hydrogen) atoms. The SMILES string of the molecule is O=C(O)c1cccnc1-n1ccc2nc3cc[nH]c3cc21. The first-order valence-electron chi connectivity index (χ1n) is 6.38. The molecule has 0 unspecified atom stereocenters. The molecule has 0 fully saturated rings. The number of fused-ring (bicyclic) bond motifs is 2. The minimum atomic E-state index is -1.01. The number of rotatable bonds is 2. The summed E-state index contributed by atoms with van der Waals surface area (Å²) in [5.41, 5.74) is 3.53. The van der Waals surface area contributed by atoms with E-state index in [1.54, 1.807) is 23.0 Å². The number of aromatic amines is 1. The lowest BCUT2D eigenvalue weighted by Crippen LogP contribution is -2.06. The Kier molecular flexibility index (Phi) is 2.32. The van der Waals surface area contributed by atoms with Gasteiger partial charge in [0.05, 0.1) is 22.1 Å². The molecule has 0 atom stereocenters. The quantitative estimate of drug-likeness (QED) is 0.590. The number of aromatic carboxylic acids is 1. The first-order chi connectivity index (χ1) is 10.2. The lowest BCUT2D eigenvalue weighted by Gasteiger charge is -2.07. The fourth-order valence-electron chi connectivity index (χ4n) is 2.47. The minimum absolute atomic E-state index is 0.154. The van der Waals surface area contributed by atoms with Crippen molar-refractivity contribution in [2.45, 2.75) is 0 Å². The summed E-state index contributed by atoms with van der Waals surface area (Å²) in [5.74, 6) is -0.624. The van der Waals surface area contributed by atoms with Gasteiger partial charge in [-0.25, -0.2) is 14.8 Å². The number of H-pyrrole nitrogens is 1. The van der Waals surface area contributed by atoms with Gasteiger partial charge in [-0.05, 0) is 30.3 Å². The third-order valence-electron chi connectivity index (χ3n) is 3.43. The third-order valence-corrected chi connectivity index (χ3v) is 3.43. The number of carboxylic acids is 1. The lowest BCUT2D eigenvalue weighted by molar-refractivity contribution is 0.0696. The highest BCUT2D eigenvalue weighted by atomic mass is 16.4. The van der Waals surface area contributed by atoms with Crippen molar-refractivity contribution in [2.75, 3.05) is 0 Å². The molecule has 0 saturated carbocycles. The predicted molar refractivity (Wildman–Crippen MR) is 77.7 cm³/mol. The van der Waals surface area contributed by atoms with Crippen LogP contribution >= 0.6 is 0 Å². The standard InChI is InChI=1S/C15H10N4O2/c20-15(21)9-2-1-5-17-14(9)19-7-4-11-13(19)8-12-10(18-11)3-6-16-12/h1-8,16H,(H,20,21). The minimum Gasteiger partial charge on any atom is -0.478 e. The molecule has 4 aromatic rings. The van der Waals surface area contributed by atoms with Crippen molar-refractivity contribution in [1.29, 1.82) is 0 Å². The van der Waals surface area contributed by atoms with E-state index in [4.69, 9.17) is 0 Å².